The van der Waals surface area contributed by atoms with E-state index in [1.165, 1.54) is 0 Å². The number of benzene rings is 1. The van der Waals surface area contributed by atoms with Gasteiger partial charge >= 0.3 is 0 Å². The summed E-state index contributed by atoms with van der Waals surface area (Å²) < 4.78 is 31.2. The molecule has 0 aromatic heterocycles. The average Bonchev–Trinajstić information content (AvgIpc) is 2.35. The lowest BCUT2D eigenvalue weighted by Gasteiger charge is -2.22. The number of nitrogens with one attached hydrogen (secondary N) is 2. The number of carbonyl (C=O) groups is 1. The second-order valence-corrected chi connectivity index (χ2v) is 3.70. The van der Waals surface area contributed by atoms with Gasteiger partial charge in [-0.05, 0) is 12.1 Å². The Morgan fingerprint density at radius 3 is 3.00 bits per heavy atom. The second kappa shape index (κ2) is 5.20. The molecule has 1 aliphatic rings. The molecule has 1 heterocycles. The van der Waals surface area contributed by atoms with Gasteiger partial charge in [-0.25, -0.2) is 8.78 Å². The maximum absolute atomic E-state index is 13.3. The van der Waals surface area contributed by atoms with Gasteiger partial charge in [-0.1, -0.05) is 0 Å². The van der Waals surface area contributed by atoms with Crippen molar-refractivity contribution < 1.29 is 18.3 Å². The van der Waals surface area contributed by atoms with Crippen LogP contribution in [0.25, 0.3) is 0 Å². The molecule has 6 heteroatoms. The zero-order chi connectivity index (χ0) is 12.3. The van der Waals surface area contributed by atoms with E-state index in [2.05, 4.69) is 10.6 Å². The molecule has 92 valence electrons. The van der Waals surface area contributed by atoms with E-state index in [4.69, 9.17) is 4.74 Å². The first-order valence-electron chi connectivity index (χ1n) is 5.24. The number of carbonyl (C=O) groups excluding carboxylic acids is 1. The fourth-order valence-electron chi connectivity index (χ4n) is 1.55. The smallest absolute Gasteiger partial charge is 0.243 e. The minimum Gasteiger partial charge on any atom is -0.378 e. The van der Waals surface area contributed by atoms with Gasteiger partial charge in [0, 0.05) is 12.6 Å². The molecule has 1 aromatic carbocycles. The van der Waals surface area contributed by atoms with Gasteiger partial charge in [-0.2, -0.15) is 0 Å². The van der Waals surface area contributed by atoms with Gasteiger partial charge in [0.1, 0.15) is 17.7 Å². The number of amides is 1. The molecule has 4 nitrogen and oxygen atoms in total. The fourth-order valence-corrected chi connectivity index (χ4v) is 1.55. The Morgan fingerprint density at radius 2 is 2.29 bits per heavy atom. The van der Waals surface area contributed by atoms with Crippen molar-refractivity contribution >= 4 is 11.6 Å². The molecule has 1 fully saturated rings. The summed E-state index contributed by atoms with van der Waals surface area (Å²) in [5, 5.41) is 5.24. The van der Waals surface area contributed by atoms with Crippen LogP contribution in [0.15, 0.2) is 18.2 Å². The molecular formula is C11H12F2N2O2. The molecule has 1 saturated heterocycles. The van der Waals surface area contributed by atoms with Crippen LogP contribution in [-0.2, 0) is 9.53 Å². The molecule has 1 amide bonds. The van der Waals surface area contributed by atoms with Crippen molar-refractivity contribution in [3.63, 3.8) is 0 Å². The molecule has 1 aliphatic heterocycles. The minimum atomic E-state index is -0.670. The van der Waals surface area contributed by atoms with Crippen LogP contribution in [0.5, 0.6) is 0 Å². The van der Waals surface area contributed by atoms with Gasteiger partial charge in [0.25, 0.3) is 0 Å². The number of rotatable bonds is 2. The molecule has 17 heavy (non-hydrogen) atoms. The normalized spacial score (nSPS) is 20.0. The number of halogens is 2. The second-order valence-electron chi connectivity index (χ2n) is 3.70. The van der Waals surface area contributed by atoms with Gasteiger partial charge in [0.2, 0.25) is 5.91 Å². The average molecular weight is 242 g/mol. The fraction of sp³-hybridized carbons (Fsp3) is 0.364. The van der Waals surface area contributed by atoms with Crippen molar-refractivity contribution in [1.82, 2.24) is 5.32 Å². The summed E-state index contributed by atoms with van der Waals surface area (Å²) in [5.74, 6) is -1.71. The third-order valence-corrected chi connectivity index (χ3v) is 2.42. The predicted octanol–water partition coefficient (Wildman–Crippen LogP) is 0.892. The van der Waals surface area contributed by atoms with Gasteiger partial charge in [0.05, 0.1) is 18.9 Å². The van der Waals surface area contributed by atoms with Crippen molar-refractivity contribution in [3.05, 3.63) is 29.8 Å². The highest BCUT2D eigenvalue weighted by atomic mass is 19.1. The van der Waals surface area contributed by atoms with Crippen LogP contribution in [0.1, 0.15) is 0 Å². The Balaban J connectivity index is 2.04. The maximum Gasteiger partial charge on any atom is 0.243 e. The van der Waals surface area contributed by atoms with Gasteiger partial charge in [-0.3, -0.25) is 4.79 Å². The highest BCUT2D eigenvalue weighted by Crippen LogP contribution is 2.15. The SMILES string of the molecule is O=C(Nc1cc(F)ccc1F)C1COCCN1. The summed E-state index contributed by atoms with van der Waals surface area (Å²) in [7, 11) is 0. The monoisotopic (exact) mass is 242 g/mol. The molecule has 2 rings (SSSR count). The minimum absolute atomic E-state index is 0.164. The van der Waals surface area contributed by atoms with E-state index in [1.807, 2.05) is 0 Å². The maximum atomic E-state index is 13.3. The third-order valence-electron chi connectivity index (χ3n) is 2.42. The van der Waals surface area contributed by atoms with Crippen LogP contribution < -0.4 is 10.6 Å². The Labute approximate surface area is 97.0 Å². The van der Waals surface area contributed by atoms with E-state index in [9.17, 15) is 13.6 Å². The lowest BCUT2D eigenvalue weighted by atomic mass is 10.2. The molecule has 0 bridgehead atoms. The molecular weight excluding hydrogens is 230 g/mol. The van der Waals surface area contributed by atoms with Crippen LogP contribution in [0.4, 0.5) is 14.5 Å². The zero-order valence-corrected chi connectivity index (χ0v) is 9.00. The molecule has 1 atom stereocenters. The summed E-state index contributed by atoms with van der Waals surface area (Å²) >= 11 is 0. The van der Waals surface area contributed by atoms with Crippen molar-refractivity contribution in [2.24, 2.45) is 0 Å². The van der Waals surface area contributed by atoms with E-state index in [0.717, 1.165) is 18.2 Å². The van der Waals surface area contributed by atoms with E-state index in [1.54, 1.807) is 0 Å². The molecule has 2 N–H and O–H groups in total. The highest BCUT2D eigenvalue weighted by molar-refractivity contribution is 5.95. The van der Waals surface area contributed by atoms with Crippen molar-refractivity contribution in [2.75, 3.05) is 25.1 Å². The van der Waals surface area contributed by atoms with Crippen molar-refractivity contribution in [3.8, 4) is 0 Å². The predicted molar refractivity (Wildman–Crippen MR) is 57.6 cm³/mol. The highest BCUT2D eigenvalue weighted by Gasteiger charge is 2.22. The van der Waals surface area contributed by atoms with Crippen LogP contribution in [0.2, 0.25) is 0 Å². The van der Waals surface area contributed by atoms with E-state index < -0.39 is 23.6 Å². The largest absolute Gasteiger partial charge is 0.378 e. The summed E-state index contributed by atoms with van der Waals surface area (Å²) in [6.07, 6.45) is 0. The number of hydrogen-bond acceptors (Lipinski definition) is 3. The Bertz CT molecular complexity index is 420. The number of hydrogen-bond donors (Lipinski definition) is 2. The summed E-state index contributed by atoms with van der Waals surface area (Å²) in [6.45, 7) is 1.32. The van der Waals surface area contributed by atoms with E-state index in [0.29, 0.717) is 13.2 Å². The Hall–Kier alpha value is -1.53. The van der Waals surface area contributed by atoms with Crippen LogP contribution in [0.3, 0.4) is 0 Å². The van der Waals surface area contributed by atoms with Crippen LogP contribution in [-0.4, -0.2) is 31.7 Å². The first-order chi connectivity index (χ1) is 8.16. The van der Waals surface area contributed by atoms with Crippen molar-refractivity contribution in [2.45, 2.75) is 6.04 Å². The quantitative estimate of drug-likeness (QED) is 0.809. The first kappa shape index (κ1) is 11.9. The summed E-state index contributed by atoms with van der Waals surface area (Å²) in [5.41, 5.74) is -0.164. The zero-order valence-electron chi connectivity index (χ0n) is 9.00. The summed E-state index contributed by atoms with van der Waals surface area (Å²) in [4.78, 5) is 11.7. The standard InChI is InChI=1S/C11H12F2N2O2/c12-7-1-2-8(13)9(5-7)15-11(16)10-6-17-4-3-14-10/h1-2,5,10,14H,3-4,6H2,(H,15,16). The number of ether oxygens (including phenoxy) is 1. The van der Waals surface area contributed by atoms with Gasteiger partial charge in [-0.15, -0.1) is 0 Å². The third kappa shape index (κ3) is 2.98. The molecule has 1 unspecified atom stereocenters. The van der Waals surface area contributed by atoms with Crippen LogP contribution >= 0.6 is 0 Å². The van der Waals surface area contributed by atoms with Gasteiger partial charge < -0.3 is 15.4 Å². The molecule has 0 radical (unpaired) electrons. The lowest BCUT2D eigenvalue weighted by molar-refractivity contribution is -0.120. The molecule has 0 aliphatic carbocycles. The lowest BCUT2D eigenvalue weighted by Crippen LogP contribution is -2.48. The molecule has 0 spiro atoms. The van der Waals surface area contributed by atoms with Gasteiger partial charge in [0.15, 0.2) is 0 Å². The van der Waals surface area contributed by atoms with Crippen molar-refractivity contribution in [1.29, 1.82) is 0 Å². The Kier molecular flexibility index (Phi) is 3.65. The van der Waals surface area contributed by atoms with E-state index >= 15 is 0 Å². The number of morpholine rings is 1. The first-order valence-corrected chi connectivity index (χ1v) is 5.24. The molecule has 1 aromatic rings. The molecule has 0 saturated carbocycles. The van der Waals surface area contributed by atoms with Crippen LogP contribution in [0, 0.1) is 11.6 Å². The Morgan fingerprint density at radius 1 is 1.47 bits per heavy atom. The summed E-state index contributed by atoms with van der Waals surface area (Å²) in [6, 6.07) is 2.37. The van der Waals surface area contributed by atoms with E-state index in [-0.39, 0.29) is 12.3 Å². The number of anilines is 1. The topological polar surface area (TPSA) is 50.4 Å².